The number of hydrogen-bond acceptors (Lipinski definition) is 6. The number of fused-ring (bicyclic) bond motifs is 1. The monoisotopic (exact) mass is 477 g/mol. The van der Waals surface area contributed by atoms with Gasteiger partial charge in [0.05, 0.1) is 11.6 Å². The number of nitrogens with two attached hydrogens (primary N) is 1. The second-order valence-electron chi connectivity index (χ2n) is 9.23. The Kier molecular flexibility index (Phi) is 7.45. The molecule has 2 aliphatic rings. The van der Waals surface area contributed by atoms with Crippen LogP contribution in [0, 0.1) is 11.3 Å². The number of nitriles is 1. The molecule has 2 N–H and O–H groups in total. The second kappa shape index (κ2) is 10.5. The van der Waals surface area contributed by atoms with Gasteiger partial charge in [-0.15, -0.1) is 0 Å². The van der Waals surface area contributed by atoms with E-state index in [-0.39, 0.29) is 0 Å². The molecule has 6 nitrogen and oxygen atoms in total. The van der Waals surface area contributed by atoms with E-state index in [0.29, 0.717) is 28.4 Å². The Morgan fingerprint density at radius 1 is 1.21 bits per heavy atom. The maximum Gasteiger partial charge on any atom is 0.145 e. The number of likely N-dealkylation sites (tertiary alicyclic amines) is 1. The van der Waals surface area contributed by atoms with Gasteiger partial charge in [0.1, 0.15) is 17.6 Å². The van der Waals surface area contributed by atoms with Gasteiger partial charge >= 0.3 is 0 Å². The molecular formula is C27H32ClN5O. The first-order valence-corrected chi connectivity index (χ1v) is 12.2. The molecule has 1 unspecified atom stereocenters. The Morgan fingerprint density at radius 3 is 2.68 bits per heavy atom. The summed E-state index contributed by atoms with van der Waals surface area (Å²) in [5.74, 6) is 1.20. The van der Waals surface area contributed by atoms with E-state index >= 15 is 0 Å². The minimum Gasteiger partial charge on any atom is -0.455 e. The smallest absolute Gasteiger partial charge is 0.145 e. The van der Waals surface area contributed by atoms with Crippen molar-refractivity contribution in [1.29, 1.82) is 5.26 Å². The largest absolute Gasteiger partial charge is 0.455 e. The molecule has 0 saturated carbocycles. The van der Waals surface area contributed by atoms with Gasteiger partial charge in [0.25, 0.3) is 0 Å². The molecule has 1 fully saturated rings. The first kappa shape index (κ1) is 24.1. The Hall–Kier alpha value is -3.01. The number of hydrogen-bond donors (Lipinski definition) is 1. The zero-order valence-electron chi connectivity index (χ0n) is 20.1. The van der Waals surface area contributed by atoms with Gasteiger partial charge in [0.15, 0.2) is 0 Å². The quantitative estimate of drug-likeness (QED) is 0.596. The number of allylic oxidation sites excluding steroid dienone is 1. The van der Waals surface area contributed by atoms with Crippen LogP contribution >= 0.6 is 11.6 Å². The van der Waals surface area contributed by atoms with Crippen LogP contribution in [0.15, 0.2) is 41.5 Å². The van der Waals surface area contributed by atoms with Gasteiger partial charge in [0, 0.05) is 52.9 Å². The number of anilines is 1. The maximum absolute atomic E-state index is 9.66. The molecule has 0 amide bonds. The highest BCUT2D eigenvalue weighted by molar-refractivity contribution is 6.30. The van der Waals surface area contributed by atoms with Gasteiger partial charge in [-0.3, -0.25) is 4.99 Å². The molecular weight excluding hydrogens is 446 g/mol. The topological polar surface area (TPSA) is 77.9 Å². The Morgan fingerprint density at radius 2 is 1.97 bits per heavy atom. The van der Waals surface area contributed by atoms with E-state index in [1.807, 2.05) is 12.3 Å². The third-order valence-corrected chi connectivity index (χ3v) is 7.20. The van der Waals surface area contributed by atoms with Gasteiger partial charge in [-0.1, -0.05) is 11.6 Å². The normalized spacial score (nSPS) is 19.8. The van der Waals surface area contributed by atoms with Crippen molar-refractivity contribution < 1.29 is 4.74 Å². The molecule has 34 heavy (non-hydrogen) atoms. The van der Waals surface area contributed by atoms with Gasteiger partial charge in [-0.25, -0.2) is 0 Å². The third-order valence-electron chi connectivity index (χ3n) is 6.97. The Bertz CT molecular complexity index is 1140. The van der Waals surface area contributed by atoms with Crippen molar-refractivity contribution in [3.63, 3.8) is 0 Å². The lowest BCUT2D eigenvalue weighted by Gasteiger charge is -2.35. The second-order valence-corrected chi connectivity index (χ2v) is 9.66. The molecule has 0 bridgehead atoms. The van der Waals surface area contributed by atoms with E-state index in [9.17, 15) is 5.26 Å². The van der Waals surface area contributed by atoms with Crippen molar-refractivity contribution in [1.82, 2.24) is 4.90 Å². The van der Waals surface area contributed by atoms with Crippen LogP contribution in [0.5, 0.6) is 11.5 Å². The number of ether oxygens (including phenoxy) is 1. The molecule has 0 spiro atoms. The molecule has 1 atom stereocenters. The standard InChI is InChI=1S/C27H32ClN5O/c1-18-4-6-24-25(33(18)3)8-7-23(20(16-30)17-31-22-10-12-32(2)13-11-22)27(24)34-26-9-5-21(28)14-19(26)15-29/h5,7-9,14,16-18,22H,4,6,10-13,30H2,1-3H3. The number of piperidine rings is 1. The lowest BCUT2D eigenvalue weighted by Crippen LogP contribution is -2.33. The Labute approximate surface area is 207 Å². The highest BCUT2D eigenvalue weighted by Gasteiger charge is 2.26. The molecule has 2 aromatic carbocycles. The van der Waals surface area contributed by atoms with E-state index in [1.54, 1.807) is 24.4 Å². The molecule has 0 aromatic heterocycles. The summed E-state index contributed by atoms with van der Waals surface area (Å²) in [6.45, 7) is 4.33. The number of benzene rings is 2. The van der Waals surface area contributed by atoms with E-state index in [0.717, 1.165) is 66.9 Å². The highest BCUT2D eigenvalue weighted by atomic mass is 35.5. The zero-order valence-corrected chi connectivity index (χ0v) is 20.8. The van der Waals surface area contributed by atoms with Crippen LogP contribution in [0.2, 0.25) is 5.02 Å². The summed E-state index contributed by atoms with van der Waals surface area (Å²) >= 11 is 6.12. The highest BCUT2D eigenvalue weighted by Crippen LogP contribution is 2.43. The third kappa shape index (κ3) is 5.06. The average Bonchev–Trinajstić information content (AvgIpc) is 2.84. The average molecular weight is 478 g/mol. The van der Waals surface area contributed by atoms with Crippen molar-refractivity contribution in [3.05, 3.63) is 58.2 Å². The van der Waals surface area contributed by atoms with Crippen molar-refractivity contribution >= 4 is 29.1 Å². The Balaban J connectivity index is 1.76. The molecule has 0 radical (unpaired) electrons. The number of nitrogens with zero attached hydrogens (tertiary/aromatic N) is 4. The van der Waals surface area contributed by atoms with E-state index in [4.69, 9.17) is 27.1 Å². The van der Waals surface area contributed by atoms with Gasteiger partial charge in [0.2, 0.25) is 0 Å². The minimum absolute atomic E-state index is 0.293. The molecule has 2 aromatic rings. The number of aliphatic imine (C=N–C) groups is 1. The molecule has 4 rings (SSSR count). The summed E-state index contributed by atoms with van der Waals surface area (Å²) in [4.78, 5) is 9.47. The van der Waals surface area contributed by atoms with Gasteiger partial charge < -0.3 is 20.3 Å². The van der Waals surface area contributed by atoms with Gasteiger partial charge in [-0.05, 0) is 83.1 Å². The summed E-state index contributed by atoms with van der Waals surface area (Å²) in [7, 11) is 4.25. The van der Waals surface area contributed by atoms with Crippen LogP contribution in [0.1, 0.15) is 42.9 Å². The molecule has 0 aliphatic carbocycles. The van der Waals surface area contributed by atoms with E-state index in [2.05, 4.69) is 43.0 Å². The lowest BCUT2D eigenvalue weighted by molar-refractivity contribution is 0.257. The van der Waals surface area contributed by atoms with Crippen LogP contribution in [-0.4, -0.2) is 50.4 Å². The van der Waals surface area contributed by atoms with E-state index < -0.39 is 0 Å². The fourth-order valence-electron chi connectivity index (χ4n) is 4.64. The molecule has 1 saturated heterocycles. The van der Waals surface area contributed by atoms with Gasteiger partial charge in [-0.2, -0.15) is 5.26 Å². The van der Waals surface area contributed by atoms with E-state index in [1.165, 1.54) is 0 Å². The van der Waals surface area contributed by atoms with Crippen LogP contribution in [0.25, 0.3) is 5.57 Å². The van der Waals surface area contributed by atoms with Crippen LogP contribution in [-0.2, 0) is 6.42 Å². The molecule has 7 heteroatoms. The maximum atomic E-state index is 9.66. The predicted molar refractivity (Wildman–Crippen MR) is 140 cm³/mol. The molecule has 2 aliphatic heterocycles. The summed E-state index contributed by atoms with van der Waals surface area (Å²) < 4.78 is 6.48. The summed E-state index contributed by atoms with van der Waals surface area (Å²) in [6.07, 6.45) is 7.45. The first-order valence-electron chi connectivity index (χ1n) is 11.8. The fraction of sp³-hybridized carbons (Fsp3) is 0.407. The van der Waals surface area contributed by atoms with Crippen LogP contribution in [0.4, 0.5) is 5.69 Å². The lowest BCUT2D eigenvalue weighted by atomic mass is 9.92. The SMILES string of the molecule is CC1CCc2c(ccc(C(C=NC3CCN(C)CC3)=CN)c2Oc2ccc(Cl)cc2C#N)N1C. The van der Waals surface area contributed by atoms with Crippen molar-refractivity contribution in [3.8, 4) is 17.6 Å². The first-order chi connectivity index (χ1) is 16.4. The number of rotatable bonds is 5. The molecule has 178 valence electrons. The summed E-state index contributed by atoms with van der Waals surface area (Å²) in [6, 6.07) is 12.2. The van der Waals surface area contributed by atoms with Crippen molar-refractivity contribution in [2.45, 2.75) is 44.7 Å². The minimum atomic E-state index is 0.293. The molecule has 2 heterocycles. The van der Waals surface area contributed by atoms with Crippen molar-refractivity contribution in [2.75, 3.05) is 32.1 Å². The zero-order chi connectivity index (χ0) is 24.2. The summed E-state index contributed by atoms with van der Waals surface area (Å²) in [5.41, 5.74) is 10.4. The van der Waals surface area contributed by atoms with Crippen LogP contribution in [0.3, 0.4) is 0 Å². The number of halogens is 1. The predicted octanol–water partition coefficient (Wildman–Crippen LogP) is 5.24. The summed E-state index contributed by atoms with van der Waals surface area (Å²) in [5, 5.41) is 10.2. The van der Waals surface area contributed by atoms with Crippen molar-refractivity contribution in [2.24, 2.45) is 10.7 Å². The fourth-order valence-corrected chi connectivity index (χ4v) is 4.81. The van der Waals surface area contributed by atoms with Crippen LogP contribution < -0.4 is 15.4 Å².